The summed E-state index contributed by atoms with van der Waals surface area (Å²) in [6.07, 6.45) is 6.81. The quantitative estimate of drug-likeness (QED) is 0.774. The molecule has 1 aromatic heterocycles. The van der Waals surface area contributed by atoms with Gasteiger partial charge >= 0.3 is 0 Å². The Morgan fingerprint density at radius 2 is 2.08 bits per heavy atom. The van der Waals surface area contributed by atoms with Crippen LogP contribution in [0.1, 0.15) is 44.0 Å². The summed E-state index contributed by atoms with van der Waals surface area (Å²) in [4.78, 5) is 0.261. The van der Waals surface area contributed by atoms with Crippen LogP contribution in [0.15, 0.2) is 35.5 Å². The zero-order valence-electron chi connectivity index (χ0n) is 14.9. The zero-order chi connectivity index (χ0) is 18.1. The number of benzene rings is 1. The first-order valence-corrected chi connectivity index (χ1v) is 10.6. The van der Waals surface area contributed by atoms with E-state index >= 15 is 0 Å². The average Bonchev–Trinajstić information content (AvgIpc) is 3.37. The molecule has 1 unspecified atom stereocenters. The van der Waals surface area contributed by atoms with Crippen LogP contribution in [0.2, 0.25) is 0 Å². The number of sulfonamides is 1. The minimum atomic E-state index is -3.63. The summed E-state index contributed by atoms with van der Waals surface area (Å²) in [5.74, 6) is 1.98. The standard InChI is InChI=1S/C18H24N4O3S/c1-25-15-5-4-6-16(11-15)26(23,24)22-10-3-2-7-17(22)18-20-19-13-21(18)12-14-8-9-14/h4-6,11,13-14,17H,2-3,7-10,12H2,1H3. The van der Waals surface area contributed by atoms with Gasteiger partial charge in [0.05, 0.1) is 18.0 Å². The van der Waals surface area contributed by atoms with Gasteiger partial charge in [0.2, 0.25) is 10.0 Å². The van der Waals surface area contributed by atoms with Crippen molar-refractivity contribution in [3.8, 4) is 5.75 Å². The van der Waals surface area contributed by atoms with E-state index in [1.165, 1.54) is 20.0 Å². The number of piperidine rings is 1. The molecule has 140 valence electrons. The maximum absolute atomic E-state index is 13.3. The monoisotopic (exact) mass is 376 g/mol. The molecule has 1 aromatic carbocycles. The van der Waals surface area contributed by atoms with E-state index in [2.05, 4.69) is 10.2 Å². The van der Waals surface area contributed by atoms with Crippen LogP contribution < -0.4 is 4.74 Å². The summed E-state index contributed by atoms with van der Waals surface area (Å²) in [7, 11) is -2.09. The highest BCUT2D eigenvalue weighted by Crippen LogP contribution is 2.37. The van der Waals surface area contributed by atoms with Gasteiger partial charge in [-0.2, -0.15) is 4.31 Å². The van der Waals surface area contributed by atoms with E-state index in [-0.39, 0.29) is 10.9 Å². The minimum absolute atomic E-state index is 0.261. The SMILES string of the molecule is COc1cccc(S(=O)(=O)N2CCCCC2c2nncn2CC2CC2)c1. The molecule has 1 aliphatic heterocycles. The van der Waals surface area contributed by atoms with Gasteiger partial charge in [-0.15, -0.1) is 10.2 Å². The summed E-state index contributed by atoms with van der Waals surface area (Å²) in [5, 5.41) is 8.36. The van der Waals surface area contributed by atoms with Crippen LogP contribution in [-0.4, -0.2) is 41.1 Å². The second-order valence-electron chi connectivity index (χ2n) is 7.09. The summed E-state index contributed by atoms with van der Waals surface area (Å²) in [6.45, 7) is 1.38. The first kappa shape index (κ1) is 17.5. The summed E-state index contributed by atoms with van der Waals surface area (Å²) < 4.78 is 35.5. The number of hydrogen-bond acceptors (Lipinski definition) is 5. The van der Waals surface area contributed by atoms with Crippen molar-refractivity contribution >= 4 is 10.0 Å². The minimum Gasteiger partial charge on any atom is -0.497 e. The molecule has 2 heterocycles. The summed E-state index contributed by atoms with van der Waals surface area (Å²) >= 11 is 0. The highest BCUT2D eigenvalue weighted by Gasteiger charge is 2.37. The van der Waals surface area contributed by atoms with Crippen LogP contribution in [0.5, 0.6) is 5.75 Å². The predicted octanol–water partition coefficient (Wildman–Crippen LogP) is 2.61. The number of rotatable bonds is 6. The molecule has 0 amide bonds. The molecule has 0 spiro atoms. The Morgan fingerprint density at radius 3 is 2.85 bits per heavy atom. The van der Waals surface area contributed by atoms with Crippen LogP contribution >= 0.6 is 0 Å². The number of methoxy groups -OCH3 is 1. The number of aromatic nitrogens is 3. The Morgan fingerprint density at radius 1 is 1.23 bits per heavy atom. The van der Waals surface area contributed by atoms with Crippen LogP contribution in [0, 0.1) is 5.92 Å². The summed E-state index contributed by atoms with van der Waals surface area (Å²) in [5.41, 5.74) is 0. The lowest BCUT2D eigenvalue weighted by molar-refractivity contribution is 0.240. The van der Waals surface area contributed by atoms with Crippen LogP contribution in [-0.2, 0) is 16.6 Å². The molecule has 2 aliphatic rings. The van der Waals surface area contributed by atoms with Gasteiger partial charge in [0.1, 0.15) is 12.1 Å². The maximum Gasteiger partial charge on any atom is 0.243 e. The Hall–Kier alpha value is -1.93. The molecule has 4 rings (SSSR count). The highest BCUT2D eigenvalue weighted by atomic mass is 32.2. The third-order valence-electron chi connectivity index (χ3n) is 5.20. The number of nitrogens with zero attached hydrogens (tertiary/aromatic N) is 4. The van der Waals surface area contributed by atoms with Crippen molar-refractivity contribution in [2.45, 2.75) is 49.6 Å². The molecule has 1 aliphatic carbocycles. The fourth-order valence-corrected chi connectivity index (χ4v) is 5.28. The molecular weight excluding hydrogens is 352 g/mol. The van der Waals surface area contributed by atoms with Crippen molar-refractivity contribution in [1.29, 1.82) is 0 Å². The lowest BCUT2D eigenvalue weighted by Crippen LogP contribution is -2.39. The Kier molecular flexibility index (Phi) is 4.71. The maximum atomic E-state index is 13.3. The second-order valence-corrected chi connectivity index (χ2v) is 8.98. The second kappa shape index (κ2) is 7.00. The Balaban J connectivity index is 1.67. The van der Waals surface area contributed by atoms with E-state index in [1.54, 1.807) is 34.9 Å². The van der Waals surface area contributed by atoms with Gasteiger partial charge in [-0.3, -0.25) is 0 Å². The largest absolute Gasteiger partial charge is 0.497 e. The van der Waals surface area contributed by atoms with Gasteiger partial charge < -0.3 is 9.30 Å². The smallest absolute Gasteiger partial charge is 0.243 e. The van der Waals surface area contributed by atoms with Gasteiger partial charge in [-0.25, -0.2) is 8.42 Å². The first-order chi connectivity index (χ1) is 12.6. The Labute approximate surface area is 154 Å². The normalized spacial score (nSPS) is 21.7. The van der Waals surface area contributed by atoms with E-state index in [0.717, 1.165) is 31.6 Å². The van der Waals surface area contributed by atoms with E-state index in [1.807, 2.05) is 4.57 Å². The topological polar surface area (TPSA) is 77.3 Å². The molecular formula is C18H24N4O3S. The first-order valence-electron chi connectivity index (χ1n) is 9.13. The summed E-state index contributed by atoms with van der Waals surface area (Å²) in [6, 6.07) is 6.40. The Bertz CT molecular complexity index is 876. The molecule has 2 fully saturated rings. The van der Waals surface area contributed by atoms with Gasteiger partial charge in [0.25, 0.3) is 0 Å². The fourth-order valence-electron chi connectivity index (χ4n) is 3.59. The van der Waals surface area contributed by atoms with E-state index in [9.17, 15) is 8.42 Å². The molecule has 1 atom stereocenters. The molecule has 0 radical (unpaired) electrons. The third-order valence-corrected chi connectivity index (χ3v) is 7.10. The van der Waals surface area contributed by atoms with Crippen molar-refractivity contribution in [2.24, 2.45) is 5.92 Å². The van der Waals surface area contributed by atoms with E-state index < -0.39 is 10.0 Å². The van der Waals surface area contributed by atoms with Crippen molar-refractivity contribution in [3.63, 3.8) is 0 Å². The van der Waals surface area contributed by atoms with Gasteiger partial charge in [-0.1, -0.05) is 12.5 Å². The third kappa shape index (κ3) is 3.35. The molecule has 0 bridgehead atoms. The molecule has 1 saturated heterocycles. The zero-order valence-corrected chi connectivity index (χ0v) is 15.7. The highest BCUT2D eigenvalue weighted by molar-refractivity contribution is 7.89. The molecule has 26 heavy (non-hydrogen) atoms. The molecule has 7 nitrogen and oxygen atoms in total. The average molecular weight is 376 g/mol. The van der Waals surface area contributed by atoms with Crippen LogP contribution in [0.3, 0.4) is 0 Å². The van der Waals surface area contributed by atoms with Crippen molar-refractivity contribution in [2.75, 3.05) is 13.7 Å². The molecule has 0 N–H and O–H groups in total. The van der Waals surface area contributed by atoms with Gasteiger partial charge in [0.15, 0.2) is 5.82 Å². The molecule has 2 aromatic rings. The van der Waals surface area contributed by atoms with Crippen molar-refractivity contribution in [1.82, 2.24) is 19.1 Å². The lowest BCUT2D eigenvalue weighted by Gasteiger charge is -2.34. The van der Waals surface area contributed by atoms with Crippen molar-refractivity contribution in [3.05, 3.63) is 36.4 Å². The molecule has 8 heteroatoms. The van der Waals surface area contributed by atoms with Gasteiger partial charge in [0, 0.05) is 19.2 Å². The van der Waals surface area contributed by atoms with Crippen LogP contribution in [0.4, 0.5) is 0 Å². The number of hydrogen-bond donors (Lipinski definition) is 0. The van der Waals surface area contributed by atoms with Crippen molar-refractivity contribution < 1.29 is 13.2 Å². The van der Waals surface area contributed by atoms with E-state index in [0.29, 0.717) is 18.2 Å². The molecule has 1 saturated carbocycles. The fraction of sp³-hybridized carbons (Fsp3) is 0.556. The number of ether oxygens (including phenoxy) is 1. The predicted molar refractivity (Wildman–Crippen MR) is 96.2 cm³/mol. The van der Waals surface area contributed by atoms with Crippen LogP contribution in [0.25, 0.3) is 0 Å². The van der Waals surface area contributed by atoms with E-state index in [4.69, 9.17) is 4.74 Å². The van der Waals surface area contributed by atoms with Gasteiger partial charge in [-0.05, 0) is 43.7 Å². The lowest BCUT2D eigenvalue weighted by atomic mass is 10.0.